The summed E-state index contributed by atoms with van der Waals surface area (Å²) in [7, 11) is 0. The van der Waals surface area contributed by atoms with E-state index in [-0.39, 0.29) is 29.6 Å². The third kappa shape index (κ3) is 8.47. The molecule has 7 nitrogen and oxygen atoms in total. The van der Waals surface area contributed by atoms with Crippen LogP contribution in [-0.4, -0.2) is 48.3 Å². The summed E-state index contributed by atoms with van der Waals surface area (Å²) in [5.74, 6) is 0.379. The van der Waals surface area contributed by atoms with Crippen molar-refractivity contribution in [3.63, 3.8) is 0 Å². The zero-order chi connectivity index (χ0) is 25.2. The normalized spacial score (nSPS) is 19.9. The van der Waals surface area contributed by atoms with E-state index >= 15 is 0 Å². The molecule has 0 bridgehead atoms. The topological polar surface area (TPSA) is 90.5 Å². The first-order chi connectivity index (χ1) is 16.8. The Labute approximate surface area is 206 Å². The maximum absolute atomic E-state index is 12.7. The molecule has 0 aromatic heterocycles. The van der Waals surface area contributed by atoms with Crippen molar-refractivity contribution >= 4 is 23.4 Å². The molecule has 1 heterocycles. The molecule has 0 spiro atoms. The summed E-state index contributed by atoms with van der Waals surface area (Å²) >= 11 is 0. The van der Waals surface area contributed by atoms with Gasteiger partial charge in [-0.2, -0.15) is 0 Å². The lowest BCUT2D eigenvalue weighted by molar-refractivity contribution is -0.132. The number of urea groups is 1. The van der Waals surface area contributed by atoms with E-state index in [4.69, 9.17) is 0 Å². The Bertz CT molecular complexity index is 1010. The molecule has 3 amide bonds. The molecule has 0 radical (unpaired) electrons. The van der Waals surface area contributed by atoms with Crippen LogP contribution in [0, 0.1) is 11.7 Å². The van der Waals surface area contributed by atoms with E-state index in [1.54, 1.807) is 41.3 Å². The number of hydrogen-bond donors (Lipinski definition) is 3. The van der Waals surface area contributed by atoms with Crippen LogP contribution in [0.25, 0.3) is 0 Å². The highest BCUT2D eigenvalue weighted by Crippen LogP contribution is 2.23. The summed E-state index contributed by atoms with van der Waals surface area (Å²) in [5, 5.41) is 8.84. The Kier molecular flexibility index (Phi) is 9.78. The van der Waals surface area contributed by atoms with Crippen LogP contribution in [0.1, 0.15) is 55.5 Å². The second-order valence-electron chi connectivity index (χ2n) is 9.22. The molecule has 2 unspecified atom stereocenters. The second-order valence-corrected chi connectivity index (χ2v) is 9.22. The predicted molar refractivity (Wildman–Crippen MR) is 135 cm³/mol. The van der Waals surface area contributed by atoms with E-state index in [1.165, 1.54) is 38.3 Å². The quantitative estimate of drug-likeness (QED) is 0.553. The van der Waals surface area contributed by atoms with Gasteiger partial charge in [-0.15, -0.1) is 0 Å². The number of hydrogen-bond acceptors (Lipinski definition) is 4. The maximum Gasteiger partial charge on any atom is 0.319 e. The molecule has 2 fully saturated rings. The van der Waals surface area contributed by atoms with Crippen LogP contribution in [0.2, 0.25) is 0 Å². The molecular weight excluding hydrogens is 447 g/mol. The van der Waals surface area contributed by atoms with Crippen LogP contribution >= 0.6 is 0 Å². The van der Waals surface area contributed by atoms with E-state index in [0.717, 1.165) is 25.1 Å². The lowest BCUT2D eigenvalue weighted by Gasteiger charge is -2.29. The number of ketones is 1. The van der Waals surface area contributed by atoms with Crippen LogP contribution in [-0.2, 0) is 11.3 Å². The van der Waals surface area contributed by atoms with Crippen molar-refractivity contribution in [2.24, 2.45) is 5.92 Å². The molecule has 1 saturated heterocycles. The number of carbonyl (C=O) groups is 3. The summed E-state index contributed by atoms with van der Waals surface area (Å²) in [4.78, 5) is 36.6. The van der Waals surface area contributed by atoms with Gasteiger partial charge in [0.05, 0.1) is 6.54 Å². The standard InChI is InChI=1S/C16H22N2O2.C11H13FN2O/c1-11-6-3-4-9-15(11)18-16(20)17-14-8-5-7-13(10-14)12(2)19;12-10-3-1-9(2-4-10)8-14-6-5-13-7-11(14)15/h5,7-8,10-11,15H,3-4,6,9H2,1-2H3,(H2,17,18,20);1-4,13H,5-8H2. The van der Waals surface area contributed by atoms with Crippen molar-refractivity contribution in [1.29, 1.82) is 0 Å². The molecule has 2 aliphatic rings. The van der Waals surface area contributed by atoms with Gasteiger partial charge in [0.2, 0.25) is 5.91 Å². The highest BCUT2D eigenvalue weighted by molar-refractivity contribution is 5.96. The van der Waals surface area contributed by atoms with E-state index in [1.807, 2.05) is 0 Å². The predicted octanol–water partition coefficient (Wildman–Crippen LogP) is 4.35. The van der Waals surface area contributed by atoms with Gasteiger partial charge in [0, 0.05) is 36.9 Å². The van der Waals surface area contributed by atoms with E-state index in [2.05, 4.69) is 22.9 Å². The van der Waals surface area contributed by atoms with Crippen LogP contribution < -0.4 is 16.0 Å². The molecule has 2 aromatic carbocycles. The summed E-state index contributed by atoms with van der Waals surface area (Å²) in [6.45, 7) is 6.22. The first-order valence-electron chi connectivity index (χ1n) is 12.2. The molecule has 8 heteroatoms. The Morgan fingerprint density at radius 3 is 2.54 bits per heavy atom. The highest BCUT2D eigenvalue weighted by Gasteiger charge is 2.22. The SMILES string of the molecule is CC(=O)c1cccc(NC(=O)NC2CCCCC2C)c1.O=C1CNCCN1Cc1ccc(F)cc1. The molecule has 2 atom stereocenters. The van der Waals surface area contributed by atoms with Gasteiger partial charge in [0.1, 0.15) is 5.82 Å². The molecular formula is C27H35FN4O3. The number of nitrogens with zero attached hydrogens (tertiary/aromatic N) is 1. The molecule has 1 saturated carbocycles. The smallest absolute Gasteiger partial charge is 0.319 e. The molecule has 2 aromatic rings. The zero-order valence-electron chi connectivity index (χ0n) is 20.5. The van der Waals surface area contributed by atoms with E-state index < -0.39 is 0 Å². The minimum Gasteiger partial charge on any atom is -0.336 e. The summed E-state index contributed by atoms with van der Waals surface area (Å²) in [6.07, 6.45) is 4.64. The van der Waals surface area contributed by atoms with E-state index in [9.17, 15) is 18.8 Å². The number of Topliss-reactive ketones (excluding diaryl/α,β-unsaturated/α-hetero) is 1. The molecule has 4 rings (SSSR count). The van der Waals surface area contributed by atoms with Crippen molar-refractivity contribution in [3.8, 4) is 0 Å². The van der Waals surface area contributed by atoms with Gasteiger partial charge < -0.3 is 20.9 Å². The summed E-state index contributed by atoms with van der Waals surface area (Å²) in [6, 6.07) is 13.3. The average Bonchev–Trinajstić information content (AvgIpc) is 2.84. The van der Waals surface area contributed by atoms with Crippen molar-refractivity contribution in [2.75, 3.05) is 25.0 Å². The van der Waals surface area contributed by atoms with Crippen LogP contribution in [0.15, 0.2) is 48.5 Å². The average molecular weight is 483 g/mol. The number of rotatable bonds is 5. The Hall–Kier alpha value is -3.26. The number of anilines is 1. The van der Waals surface area contributed by atoms with Gasteiger partial charge in [0.15, 0.2) is 5.78 Å². The van der Waals surface area contributed by atoms with Crippen LogP contribution in [0.3, 0.4) is 0 Å². The fraction of sp³-hybridized carbons (Fsp3) is 0.444. The van der Waals surface area contributed by atoms with Crippen molar-refractivity contribution in [3.05, 3.63) is 65.5 Å². The molecule has 3 N–H and O–H groups in total. The molecule has 1 aliphatic heterocycles. The van der Waals surface area contributed by atoms with Crippen LogP contribution in [0.4, 0.5) is 14.9 Å². The molecule has 35 heavy (non-hydrogen) atoms. The van der Waals surface area contributed by atoms with Gasteiger partial charge in [-0.25, -0.2) is 9.18 Å². The van der Waals surface area contributed by atoms with Gasteiger partial charge >= 0.3 is 6.03 Å². The fourth-order valence-electron chi connectivity index (χ4n) is 4.31. The zero-order valence-corrected chi connectivity index (χ0v) is 20.5. The first kappa shape index (κ1) is 26.3. The minimum absolute atomic E-state index is 0.00467. The number of amides is 3. The largest absolute Gasteiger partial charge is 0.336 e. The number of carbonyl (C=O) groups excluding carboxylic acids is 3. The number of halogens is 1. The van der Waals surface area contributed by atoms with Gasteiger partial charge in [-0.05, 0) is 55.5 Å². The highest BCUT2D eigenvalue weighted by atomic mass is 19.1. The lowest BCUT2D eigenvalue weighted by atomic mass is 9.86. The first-order valence-corrected chi connectivity index (χ1v) is 12.2. The molecule has 1 aliphatic carbocycles. The second kappa shape index (κ2) is 13.0. The van der Waals surface area contributed by atoms with Crippen LogP contribution in [0.5, 0.6) is 0 Å². The third-order valence-electron chi connectivity index (χ3n) is 6.43. The number of piperazine rings is 1. The maximum atomic E-state index is 12.7. The van der Waals surface area contributed by atoms with Crippen molar-refractivity contribution in [2.45, 2.75) is 52.1 Å². The van der Waals surface area contributed by atoms with Gasteiger partial charge in [-0.1, -0.05) is 44.0 Å². The minimum atomic E-state index is -0.245. The summed E-state index contributed by atoms with van der Waals surface area (Å²) < 4.78 is 12.7. The lowest BCUT2D eigenvalue weighted by Crippen LogP contribution is -2.47. The van der Waals surface area contributed by atoms with Gasteiger partial charge in [-0.3, -0.25) is 9.59 Å². The van der Waals surface area contributed by atoms with E-state index in [0.29, 0.717) is 30.3 Å². The third-order valence-corrected chi connectivity index (χ3v) is 6.43. The fourth-order valence-corrected chi connectivity index (χ4v) is 4.31. The summed E-state index contributed by atoms with van der Waals surface area (Å²) in [5.41, 5.74) is 2.22. The molecule has 188 valence electrons. The van der Waals surface area contributed by atoms with Crippen molar-refractivity contribution < 1.29 is 18.8 Å². The number of nitrogens with one attached hydrogen (secondary N) is 3. The Balaban J connectivity index is 0.000000203. The monoisotopic (exact) mass is 482 g/mol. The Morgan fingerprint density at radius 1 is 1.11 bits per heavy atom. The van der Waals surface area contributed by atoms with Gasteiger partial charge in [0.25, 0.3) is 0 Å². The van der Waals surface area contributed by atoms with Crippen molar-refractivity contribution in [1.82, 2.24) is 15.5 Å². The Morgan fingerprint density at radius 2 is 1.86 bits per heavy atom. The number of benzene rings is 2.